The highest BCUT2D eigenvalue weighted by Crippen LogP contribution is 2.30. The van der Waals surface area contributed by atoms with E-state index in [0.29, 0.717) is 11.4 Å². The summed E-state index contributed by atoms with van der Waals surface area (Å²) in [6.07, 6.45) is 0.783. The summed E-state index contributed by atoms with van der Waals surface area (Å²) >= 11 is 0. The Morgan fingerprint density at radius 2 is 1.65 bits per heavy atom. The molecule has 2 aromatic rings. The van der Waals surface area contributed by atoms with Crippen LogP contribution in [0.2, 0.25) is 0 Å². The third-order valence-corrected chi connectivity index (χ3v) is 6.73. The molecule has 0 fully saturated rings. The van der Waals surface area contributed by atoms with Gasteiger partial charge in [-0.15, -0.1) is 0 Å². The van der Waals surface area contributed by atoms with E-state index in [2.05, 4.69) is 10.6 Å². The summed E-state index contributed by atoms with van der Waals surface area (Å²) in [5, 5.41) is 5.42. The maximum atomic E-state index is 13.0. The highest BCUT2D eigenvalue weighted by Gasteiger charge is 2.24. The standard InChI is InChI=1S/C22H29N3O5S/c1-6-15(2)23-21(26)16(3)24-22(27)17-11-13-18(14-12-17)31(28,29)25(4)19-9-7-8-10-20(19)30-5/h7-16H,6H2,1-5H3,(H,23,26)(H,24,27)/t15-,16+/m1/s1. The molecule has 2 atom stereocenters. The zero-order chi connectivity index (χ0) is 23.2. The van der Waals surface area contributed by atoms with Crippen molar-refractivity contribution in [1.82, 2.24) is 10.6 Å². The van der Waals surface area contributed by atoms with Crippen molar-refractivity contribution >= 4 is 27.5 Å². The summed E-state index contributed by atoms with van der Waals surface area (Å²) in [4.78, 5) is 24.6. The molecule has 31 heavy (non-hydrogen) atoms. The first-order valence-electron chi connectivity index (χ1n) is 9.95. The maximum absolute atomic E-state index is 13.0. The first kappa shape index (κ1) is 24.2. The molecule has 0 aliphatic heterocycles. The van der Waals surface area contributed by atoms with Gasteiger partial charge in [0.25, 0.3) is 15.9 Å². The van der Waals surface area contributed by atoms with Crippen LogP contribution in [0.25, 0.3) is 0 Å². The SMILES string of the molecule is CC[C@@H](C)NC(=O)[C@H](C)NC(=O)c1ccc(S(=O)(=O)N(C)c2ccccc2OC)cc1. The molecule has 0 aliphatic carbocycles. The molecular weight excluding hydrogens is 418 g/mol. The van der Waals surface area contributed by atoms with Gasteiger partial charge < -0.3 is 15.4 Å². The Hall–Kier alpha value is -3.07. The fourth-order valence-corrected chi connectivity index (χ4v) is 3.98. The van der Waals surface area contributed by atoms with Gasteiger partial charge in [-0.1, -0.05) is 19.1 Å². The quantitative estimate of drug-likeness (QED) is 0.615. The van der Waals surface area contributed by atoms with Crippen LogP contribution in [-0.4, -0.2) is 46.5 Å². The van der Waals surface area contributed by atoms with Crippen molar-refractivity contribution in [3.05, 3.63) is 54.1 Å². The van der Waals surface area contributed by atoms with Crippen LogP contribution in [0.15, 0.2) is 53.4 Å². The smallest absolute Gasteiger partial charge is 0.264 e. The number of benzene rings is 2. The van der Waals surface area contributed by atoms with Crippen molar-refractivity contribution in [2.24, 2.45) is 0 Å². The topological polar surface area (TPSA) is 105 Å². The number of carbonyl (C=O) groups excluding carboxylic acids is 2. The van der Waals surface area contributed by atoms with Crippen molar-refractivity contribution in [2.45, 2.75) is 44.2 Å². The molecule has 2 aromatic carbocycles. The van der Waals surface area contributed by atoms with E-state index in [-0.39, 0.29) is 22.4 Å². The normalized spacial score (nSPS) is 13.1. The van der Waals surface area contributed by atoms with Crippen LogP contribution >= 0.6 is 0 Å². The number of carbonyl (C=O) groups is 2. The fraction of sp³-hybridized carbons (Fsp3) is 0.364. The summed E-state index contributed by atoms with van der Waals surface area (Å²) < 4.78 is 32.4. The number of rotatable bonds is 9. The molecule has 0 saturated heterocycles. The molecule has 0 aromatic heterocycles. The van der Waals surface area contributed by atoms with E-state index >= 15 is 0 Å². The van der Waals surface area contributed by atoms with Gasteiger partial charge in [0, 0.05) is 18.7 Å². The summed E-state index contributed by atoms with van der Waals surface area (Å²) in [6, 6.07) is 11.6. The van der Waals surface area contributed by atoms with E-state index in [1.807, 2.05) is 13.8 Å². The first-order valence-corrected chi connectivity index (χ1v) is 11.4. The van der Waals surface area contributed by atoms with Gasteiger partial charge in [-0.25, -0.2) is 8.42 Å². The minimum Gasteiger partial charge on any atom is -0.495 e. The Morgan fingerprint density at radius 3 is 2.23 bits per heavy atom. The first-order chi connectivity index (χ1) is 14.6. The van der Waals surface area contributed by atoms with Crippen LogP contribution < -0.4 is 19.7 Å². The van der Waals surface area contributed by atoms with Crippen LogP contribution in [-0.2, 0) is 14.8 Å². The minimum absolute atomic E-state index is 0.0107. The molecule has 2 rings (SSSR count). The number of nitrogens with one attached hydrogen (secondary N) is 2. The van der Waals surface area contributed by atoms with Gasteiger partial charge in [-0.05, 0) is 56.7 Å². The van der Waals surface area contributed by atoms with E-state index in [9.17, 15) is 18.0 Å². The van der Waals surface area contributed by atoms with Gasteiger partial charge in [0.1, 0.15) is 11.8 Å². The van der Waals surface area contributed by atoms with E-state index < -0.39 is 22.0 Å². The Kier molecular flexibility index (Phi) is 8.04. The lowest BCUT2D eigenvalue weighted by atomic mass is 10.2. The summed E-state index contributed by atoms with van der Waals surface area (Å²) in [5.74, 6) is -0.316. The number of ether oxygens (including phenoxy) is 1. The molecule has 8 nitrogen and oxygen atoms in total. The van der Waals surface area contributed by atoms with Gasteiger partial charge in [-0.2, -0.15) is 0 Å². The number of hydrogen-bond donors (Lipinski definition) is 2. The molecular formula is C22H29N3O5S. The lowest BCUT2D eigenvalue weighted by Gasteiger charge is -2.21. The largest absolute Gasteiger partial charge is 0.495 e. The monoisotopic (exact) mass is 447 g/mol. The zero-order valence-corrected chi connectivity index (χ0v) is 19.2. The fourth-order valence-electron chi connectivity index (χ4n) is 2.77. The van der Waals surface area contributed by atoms with Crippen molar-refractivity contribution in [3.63, 3.8) is 0 Å². The summed E-state index contributed by atoms with van der Waals surface area (Å²) in [6.45, 7) is 5.43. The molecule has 0 saturated carbocycles. The third kappa shape index (κ3) is 5.75. The lowest BCUT2D eigenvalue weighted by molar-refractivity contribution is -0.123. The van der Waals surface area contributed by atoms with Gasteiger partial charge in [0.15, 0.2) is 0 Å². The van der Waals surface area contributed by atoms with Crippen molar-refractivity contribution in [2.75, 3.05) is 18.5 Å². The Bertz CT molecular complexity index is 1020. The van der Waals surface area contributed by atoms with E-state index in [4.69, 9.17) is 4.74 Å². The molecule has 0 aliphatic rings. The van der Waals surface area contributed by atoms with Crippen molar-refractivity contribution in [3.8, 4) is 5.75 Å². The molecule has 2 amide bonds. The van der Waals surface area contributed by atoms with Crippen LogP contribution in [0.1, 0.15) is 37.6 Å². The van der Waals surface area contributed by atoms with E-state index in [1.165, 1.54) is 38.4 Å². The molecule has 0 unspecified atom stereocenters. The van der Waals surface area contributed by atoms with Gasteiger partial charge in [-0.3, -0.25) is 13.9 Å². The maximum Gasteiger partial charge on any atom is 0.264 e. The van der Waals surface area contributed by atoms with Crippen LogP contribution in [0, 0.1) is 0 Å². The van der Waals surface area contributed by atoms with Gasteiger partial charge >= 0.3 is 0 Å². The average Bonchev–Trinajstić information content (AvgIpc) is 2.78. The van der Waals surface area contributed by atoms with Crippen molar-refractivity contribution in [1.29, 1.82) is 0 Å². The number of hydrogen-bond acceptors (Lipinski definition) is 5. The second-order valence-electron chi connectivity index (χ2n) is 7.18. The Morgan fingerprint density at radius 1 is 1.03 bits per heavy atom. The van der Waals surface area contributed by atoms with E-state index in [0.717, 1.165) is 10.7 Å². The van der Waals surface area contributed by atoms with Crippen LogP contribution in [0.5, 0.6) is 5.75 Å². The highest BCUT2D eigenvalue weighted by molar-refractivity contribution is 7.92. The average molecular weight is 448 g/mol. The molecule has 2 N–H and O–H groups in total. The molecule has 168 valence electrons. The Labute approximate surface area is 183 Å². The minimum atomic E-state index is -3.86. The Balaban J connectivity index is 2.15. The molecule has 9 heteroatoms. The highest BCUT2D eigenvalue weighted by atomic mass is 32.2. The predicted molar refractivity (Wildman–Crippen MR) is 120 cm³/mol. The van der Waals surface area contributed by atoms with E-state index in [1.54, 1.807) is 31.2 Å². The second-order valence-corrected chi connectivity index (χ2v) is 9.15. The van der Waals surface area contributed by atoms with Gasteiger partial charge in [0.05, 0.1) is 17.7 Å². The number of para-hydroxylation sites is 2. The summed E-state index contributed by atoms with van der Waals surface area (Å²) in [5.41, 5.74) is 0.648. The number of amides is 2. The van der Waals surface area contributed by atoms with Crippen molar-refractivity contribution < 1.29 is 22.7 Å². The number of anilines is 1. The zero-order valence-electron chi connectivity index (χ0n) is 18.4. The van der Waals surface area contributed by atoms with Gasteiger partial charge in [0.2, 0.25) is 5.91 Å². The number of methoxy groups -OCH3 is 1. The number of nitrogens with zero attached hydrogens (tertiary/aromatic N) is 1. The lowest BCUT2D eigenvalue weighted by Crippen LogP contribution is -2.47. The number of sulfonamides is 1. The third-order valence-electron chi connectivity index (χ3n) is 4.94. The molecule has 0 spiro atoms. The molecule has 0 bridgehead atoms. The van der Waals surface area contributed by atoms with Crippen LogP contribution in [0.4, 0.5) is 5.69 Å². The second kappa shape index (κ2) is 10.3. The predicted octanol–water partition coefficient (Wildman–Crippen LogP) is 2.55. The summed E-state index contributed by atoms with van der Waals surface area (Å²) in [7, 11) is -0.957. The molecule has 0 heterocycles. The molecule has 0 radical (unpaired) electrons. The van der Waals surface area contributed by atoms with Crippen LogP contribution in [0.3, 0.4) is 0 Å².